The first kappa shape index (κ1) is 34.7. The van der Waals surface area contributed by atoms with Crippen LogP contribution in [0.3, 0.4) is 0 Å². The number of nitrogens with two attached hydrogens (primary N) is 1. The van der Waals surface area contributed by atoms with Crippen molar-refractivity contribution < 1.29 is 42.8 Å². The summed E-state index contributed by atoms with van der Waals surface area (Å²) >= 11 is 1.94. The second-order valence-electron chi connectivity index (χ2n) is 12.5. The number of imidazole rings is 1. The Balaban J connectivity index is 1.29. The van der Waals surface area contributed by atoms with Crippen molar-refractivity contribution in [3.63, 3.8) is 0 Å². The van der Waals surface area contributed by atoms with Crippen molar-refractivity contribution in [2.45, 2.75) is 63.7 Å². The standard InChI is InChI=1S/C31H38IN6O9P/c1-16(2)22(27(40)44-14-17-12-13-17)37-48(42,47-20-11-7-9-18-8-5-6-10-19(18)20)45-15-21-24(39)31(3,41)28(46-21)38-25-23(34-29(38)32)26(43-4)36-30(33)35-25/h5-11,16-17,21-22,24,28,39,41H,12-15H2,1-4H3,(H,37,42)(H2,33,35,36)/t21-,22?,24-,28-,31-,48?/m1/s1. The normalized spacial score (nSPS) is 24.5. The summed E-state index contributed by atoms with van der Waals surface area (Å²) in [7, 11) is -2.99. The van der Waals surface area contributed by atoms with Crippen LogP contribution in [-0.4, -0.2) is 79.9 Å². The van der Waals surface area contributed by atoms with Gasteiger partial charge in [0.2, 0.25) is 11.8 Å². The molecule has 4 aromatic rings. The highest BCUT2D eigenvalue weighted by Crippen LogP contribution is 2.49. The van der Waals surface area contributed by atoms with E-state index >= 15 is 0 Å². The molecule has 0 spiro atoms. The van der Waals surface area contributed by atoms with Gasteiger partial charge in [0.25, 0.3) is 0 Å². The number of ether oxygens (including phenoxy) is 3. The Kier molecular flexibility index (Phi) is 9.88. The molecule has 2 aliphatic rings. The summed E-state index contributed by atoms with van der Waals surface area (Å²) < 4.78 is 45.5. The summed E-state index contributed by atoms with van der Waals surface area (Å²) in [5, 5.41) is 27.2. The predicted octanol–water partition coefficient (Wildman–Crippen LogP) is 3.96. The van der Waals surface area contributed by atoms with Crippen LogP contribution in [0.5, 0.6) is 11.6 Å². The van der Waals surface area contributed by atoms with E-state index in [2.05, 4.69) is 20.0 Å². The Morgan fingerprint density at radius 2 is 1.92 bits per heavy atom. The van der Waals surface area contributed by atoms with Gasteiger partial charge in [-0.05, 0) is 43.1 Å². The molecular formula is C31H38IN6O9P. The van der Waals surface area contributed by atoms with Gasteiger partial charge in [-0.15, -0.1) is 0 Å². The summed E-state index contributed by atoms with van der Waals surface area (Å²) in [6, 6.07) is 11.6. The topological polar surface area (TPSA) is 202 Å². The van der Waals surface area contributed by atoms with Crippen molar-refractivity contribution in [3.8, 4) is 11.6 Å². The van der Waals surface area contributed by atoms with E-state index in [9.17, 15) is 19.6 Å². The number of anilines is 1. The van der Waals surface area contributed by atoms with E-state index in [1.165, 1.54) is 18.6 Å². The van der Waals surface area contributed by atoms with Crippen LogP contribution < -0.4 is 20.1 Å². The van der Waals surface area contributed by atoms with E-state index in [0.717, 1.165) is 18.2 Å². The number of aliphatic hydroxyl groups excluding tert-OH is 1. The fraction of sp³-hybridized carbons (Fsp3) is 0.484. The first-order chi connectivity index (χ1) is 22.8. The molecular weight excluding hydrogens is 758 g/mol. The molecule has 2 unspecified atom stereocenters. The maximum absolute atomic E-state index is 14.6. The predicted molar refractivity (Wildman–Crippen MR) is 183 cm³/mol. The Hall–Kier alpha value is -3.12. The number of aromatic nitrogens is 4. The minimum absolute atomic E-state index is 0.0945. The van der Waals surface area contributed by atoms with Gasteiger partial charge in [0, 0.05) is 28.0 Å². The van der Waals surface area contributed by atoms with Crippen LogP contribution in [-0.2, 0) is 23.4 Å². The lowest BCUT2D eigenvalue weighted by molar-refractivity contribution is -0.147. The number of halogens is 1. The molecule has 6 atom stereocenters. The lowest BCUT2D eigenvalue weighted by Gasteiger charge is -2.28. The molecule has 1 aliphatic carbocycles. The highest BCUT2D eigenvalue weighted by Gasteiger charge is 2.55. The number of benzene rings is 2. The molecule has 5 N–H and O–H groups in total. The van der Waals surface area contributed by atoms with Gasteiger partial charge in [-0.3, -0.25) is 13.9 Å². The quantitative estimate of drug-likeness (QED) is 0.0656. The minimum atomic E-state index is -4.41. The van der Waals surface area contributed by atoms with Gasteiger partial charge in [-0.25, -0.2) is 9.55 Å². The largest absolute Gasteiger partial charge is 0.479 e. The minimum Gasteiger partial charge on any atom is -0.479 e. The molecule has 0 amide bonds. The number of methoxy groups -OCH3 is 1. The molecule has 1 aliphatic heterocycles. The van der Waals surface area contributed by atoms with E-state index < -0.39 is 50.4 Å². The maximum atomic E-state index is 14.6. The molecule has 15 nitrogen and oxygen atoms in total. The molecule has 0 bridgehead atoms. The summed E-state index contributed by atoms with van der Waals surface area (Å²) in [6.45, 7) is 4.73. The number of nitrogen functional groups attached to an aromatic ring is 1. The third kappa shape index (κ3) is 6.97. The molecule has 258 valence electrons. The Morgan fingerprint density at radius 3 is 2.62 bits per heavy atom. The second kappa shape index (κ2) is 13.7. The molecule has 1 saturated carbocycles. The van der Waals surface area contributed by atoms with Crippen LogP contribution in [0.4, 0.5) is 5.95 Å². The number of fused-ring (bicyclic) bond motifs is 2. The SMILES string of the molecule is COc1nc(N)nc2c1nc(I)n2[C@@H]1O[C@H](COP(=O)(NC(C(=O)OCC2CC2)C(C)C)Oc2cccc3ccccc23)[C@@H](O)[C@@]1(C)O. The Bertz CT molecular complexity index is 1860. The van der Waals surface area contributed by atoms with Crippen molar-refractivity contribution in [1.82, 2.24) is 24.6 Å². The van der Waals surface area contributed by atoms with Crippen LogP contribution in [0, 0.1) is 15.7 Å². The molecule has 0 radical (unpaired) electrons. The molecule has 48 heavy (non-hydrogen) atoms. The van der Waals surface area contributed by atoms with Crippen LogP contribution in [0.2, 0.25) is 0 Å². The lowest BCUT2D eigenvalue weighted by atomic mass is 9.96. The summed E-state index contributed by atoms with van der Waals surface area (Å²) in [4.78, 5) is 26.0. The molecule has 6 rings (SSSR count). The van der Waals surface area contributed by atoms with E-state index in [-0.39, 0.29) is 41.3 Å². The van der Waals surface area contributed by atoms with Crippen molar-refractivity contribution in [1.29, 1.82) is 0 Å². The monoisotopic (exact) mass is 796 g/mol. The van der Waals surface area contributed by atoms with Gasteiger partial charge < -0.3 is 34.7 Å². The van der Waals surface area contributed by atoms with E-state index in [0.29, 0.717) is 15.1 Å². The number of carbonyl (C=O) groups excluding carboxylic acids is 1. The van der Waals surface area contributed by atoms with Crippen molar-refractivity contribution in [3.05, 3.63) is 46.3 Å². The highest BCUT2D eigenvalue weighted by atomic mass is 127. The third-order valence-electron chi connectivity index (χ3n) is 8.42. The molecule has 1 saturated heterocycles. The highest BCUT2D eigenvalue weighted by molar-refractivity contribution is 14.1. The van der Waals surface area contributed by atoms with Crippen LogP contribution >= 0.6 is 30.3 Å². The van der Waals surface area contributed by atoms with Gasteiger partial charge >= 0.3 is 13.7 Å². The van der Waals surface area contributed by atoms with E-state index in [1.54, 1.807) is 26.0 Å². The zero-order valence-electron chi connectivity index (χ0n) is 26.8. The number of aliphatic hydroxyl groups is 2. The molecule has 17 heteroatoms. The number of hydrogen-bond acceptors (Lipinski definition) is 13. The smallest absolute Gasteiger partial charge is 0.459 e. The lowest BCUT2D eigenvalue weighted by Crippen LogP contribution is -2.45. The average Bonchev–Trinajstić information content (AvgIpc) is 3.79. The number of rotatable bonds is 13. The summed E-state index contributed by atoms with van der Waals surface area (Å²) in [5.41, 5.74) is 4.48. The number of esters is 1. The third-order valence-corrected chi connectivity index (χ3v) is 10.7. The van der Waals surface area contributed by atoms with Crippen LogP contribution in [0.25, 0.3) is 21.9 Å². The number of nitrogens with zero attached hydrogens (tertiary/aromatic N) is 4. The van der Waals surface area contributed by atoms with Crippen LogP contribution in [0.15, 0.2) is 42.5 Å². The number of nitrogens with one attached hydrogen (secondary N) is 1. The molecule has 2 fully saturated rings. The van der Waals surface area contributed by atoms with Gasteiger partial charge in [-0.1, -0.05) is 50.2 Å². The second-order valence-corrected chi connectivity index (χ2v) is 15.2. The Labute approximate surface area is 290 Å². The number of hydrogen-bond donors (Lipinski definition) is 4. The summed E-state index contributed by atoms with van der Waals surface area (Å²) in [6.07, 6.45) is -1.99. The Morgan fingerprint density at radius 1 is 1.19 bits per heavy atom. The van der Waals surface area contributed by atoms with Crippen molar-refractivity contribution >= 4 is 64.2 Å². The van der Waals surface area contributed by atoms with Crippen LogP contribution in [0.1, 0.15) is 39.8 Å². The van der Waals surface area contributed by atoms with Gasteiger partial charge in [0.15, 0.2) is 21.2 Å². The molecule has 2 aromatic heterocycles. The zero-order valence-corrected chi connectivity index (χ0v) is 29.8. The fourth-order valence-electron chi connectivity index (χ4n) is 5.53. The first-order valence-corrected chi connectivity index (χ1v) is 18.1. The zero-order chi connectivity index (χ0) is 34.4. The van der Waals surface area contributed by atoms with Gasteiger partial charge in [0.05, 0.1) is 20.3 Å². The van der Waals surface area contributed by atoms with Gasteiger partial charge in [0.1, 0.15) is 29.6 Å². The first-order valence-electron chi connectivity index (χ1n) is 15.5. The average molecular weight is 797 g/mol. The van der Waals surface area contributed by atoms with Gasteiger partial charge in [-0.2, -0.15) is 15.1 Å². The van der Waals surface area contributed by atoms with E-state index in [4.69, 9.17) is 29.0 Å². The number of carbonyl (C=O) groups is 1. The fourth-order valence-corrected chi connectivity index (χ4v) is 7.93. The molecule has 3 heterocycles. The molecule has 2 aromatic carbocycles. The van der Waals surface area contributed by atoms with E-state index in [1.807, 2.05) is 52.9 Å². The van der Waals surface area contributed by atoms with Crippen molar-refractivity contribution in [2.24, 2.45) is 11.8 Å². The van der Waals surface area contributed by atoms with Crippen molar-refractivity contribution in [2.75, 3.05) is 26.1 Å². The maximum Gasteiger partial charge on any atom is 0.459 e. The summed E-state index contributed by atoms with van der Waals surface area (Å²) in [5.74, 6) is -0.325.